The van der Waals surface area contributed by atoms with E-state index in [-0.39, 0.29) is 11.4 Å². The Morgan fingerprint density at radius 3 is 2.54 bits per heavy atom. The van der Waals surface area contributed by atoms with Crippen LogP contribution in [0.25, 0.3) is 10.2 Å². The second kappa shape index (κ2) is 8.16. The van der Waals surface area contributed by atoms with Gasteiger partial charge in [-0.1, -0.05) is 36.0 Å². The summed E-state index contributed by atoms with van der Waals surface area (Å²) in [6.07, 6.45) is 0. The number of halogens is 1. The van der Waals surface area contributed by atoms with Crippen LogP contribution in [0.3, 0.4) is 0 Å². The first-order chi connectivity index (χ1) is 13.6. The average molecular weight is 413 g/mol. The summed E-state index contributed by atoms with van der Waals surface area (Å²) in [6, 6.07) is 15.9. The van der Waals surface area contributed by atoms with Crippen molar-refractivity contribution >= 4 is 33.3 Å². The van der Waals surface area contributed by atoms with Gasteiger partial charge in [0.25, 0.3) is 5.56 Å². The summed E-state index contributed by atoms with van der Waals surface area (Å²) in [6.45, 7) is 0.390. The van der Waals surface area contributed by atoms with Crippen molar-refractivity contribution in [1.82, 2.24) is 9.55 Å². The molecule has 0 saturated heterocycles. The van der Waals surface area contributed by atoms with Crippen LogP contribution in [0.1, 0.15) is 11.1 Å². The molecule has 0 amide bonds. The SMILES string of the molecule is Cn1c(SCc2ccc(OCc3ccc(F)cc3)cc2)nc2sccc2c1=O. The van der Waals surface area contributed by atoms with Crippen LogP contribution < -0.4 is 10.3 Å². The molecule has 0 radical (unpaired) electrons. The van der Waals surface area contributed by atoms with Gasteiger partial charge in [-0.2, -0.15) is 0 Å². The first-order valence-corrected chi connectivity index (χ1v) is 10.5. The number of aromatic nitrogens is 2. The van der Waals surface area contributed by atoms with Gasteiger partial charge in [0, 0.05) is 12.8 Å². The van der Waals surface area contributed by atoms with Crippen LogP contribution >= 0.6 is 23.1 Å². The molecule has 0 fully saturated rings. The lowest BCUT2D eigenvalue weighted by Crippen LogP contribution is -2.19. The number of ether oxygens (including phenoxy) is 1. The molecule has 0 atom stereocenters. The lowest BCUT2D eigenvalue weighted by Gasteiger charge is -2.09. The second-order valence-electron chi connectivity index (χ2n) is 6.25. The van der Waals surface area contributed by atoms with E-state index in [1.807, 2.05) is 35.7 Å². The fraction of sp³-hybridized carbons (Fsp3) is 0.143. The predicted octanol–water partition coefficient (Wildman–Crippen LogP) is 5.01. The molecule has 0 aliphatic carbocycles. The highest BCUT2D eigenvalue weighted by Gasteiger charge is 2.10. The Bertz CT molecular complexity index is 1150. The van der Waals surface area contributed by atoms with E-state index in [4.69, 9.17) is 4.74 Å². The van der Waals surface area contributed by atoms with E-state index in [9.17, 15) is 9.18 Å². The Morgan fingerprint density at radius 1 is 1.07 bits per heavy atom. The van der Waals surface area contributed by atoms with E-state index in [0.717, 1.165) is 21.7 Å². The summed E-state index contributed by atoms with van der Waals surface area (Å²) in [4.78, 5) is 17.7. The molecule has 28 heavy (non-hydrogen) atoms. The fourth-order valence-electron chi connectivity index (χ4n) is 2.69. The largest absolute Gasteiger partial charge is 0.489 e. The van der Waals surface area contributed by atoms with Crippen LogP contribution in [0.2, 0.25) is 0 Å². The molecule has 2 aromatic heterocycles. The summed E-state index contributed by atoms with van der Waals surface area (Å²) in [5, 5.41) is 3.26. The summed E-state index contributed by atoms with van der Waals surface area (Å²) in [5.74, 6) is 1.20. The third kappa shape index (κ3) is 4.10. The van der Waals surface area contributed by atoms with Crippen molar-refractivity contribution < 1.29 is 9.13 Å². The van der Waals surface area contributed by atoms with E-state index in [1.54, 1.807) is 23.7 Å². The molecular weight excluding hydrogens is 395 g/mol. The molecule has 4 aromatic rings. The summed E-state index contributed by atoms with van der Waals surface area (Å²) < 4.78 is 20.3. The summed E-state index contributed by atoms with van der Waals surface area (Å²) in [5.41, 5.74) is 2.01. The van der Waals surface area contributed by atoms with Crippen molar-refractivity contribution in [3.63, 3.8) is 0 Å². The van der Waals surface area contributed by atoms with Crippen LogP contribution in [0, 0.1) is 5.82 Å². The lowest BCUT2D eigenvalue weighted by atomic mass is 10.2. The number of fused-ring (bicyclic) bond motifs is 1. The maximum atomic E-state index is 12.9. The summed E-state index contributed by atoms with van der Waals surface area (Å²) >= 11 is 3.01. The Morgan fingerprint density at radius 2 is 1.79 bits per heavy atom. The van der Waals surface area contributed by atoms with E-state index in [1.165, 1.54) is 35.2 Å². The van der Waals surface area contributed by atoms with E-state index >= 15 is 0 Å². The Hall–Kier alpha value is -2.64. The minimum absolute atomic E-state index is 0.0155. The van der Waals surface area contributed by atoms with E-state index in [0.29, 0.717) is 22.9 Å². The third-order valence-corrected chi connectivity index (χ3v) is 6.18. The molecule has 2 aromatic carbocycles. The van der Waals surface area contributed by atoms with E-state index in [2.05, 4.69) is 4.98 Å². The number of hydrogen-bond acceptors (Lipinski definition) is 5. The second-order valence-corrected chi connectivity index (χ2v) is 8.08. The lowest BCUT2D eigenvalue weighted by molar-refractivity contribution is 0.306. The van der Waals surface area contributed by atoms with Crippen molar-refractivity contribution in [2.24, 2.45) is 7.05 Å². The first kappa shape index (κ1) is 18.7. The van der Waals surface area contributed by atoms with Crippen molar-refractivity contribution in [2.75, 3.05) is 0 Å². The number of rotatable bonds is 6. The molecule has 0 bridgehead atoms. The van der Waals surface area contributed by atoms with Crippen LogP contribution in [0.5, 0.6) is 5.75 Å². The molecular formula is C21H17FN2O2S2. The van der Waals surface area contributed by atoms with Gasteiger partial charge in [0.2, 0.25) is 0 Å². The molecule has 0 saturated carbocycles. The molecule has 7 heteroatoms. The average Bonchev–Trinajstić information content (AvgIpc) is 3.19. The molecule has 4 rings (SSSR count). The molecule has 0 spiro atoms. The maximum absolute atomic E-state index is 12.9. The Balaban J connectivity index is 1.39. The molecule has 0 unspecified atom stereocenters. The maximum Gasteiger partial charge on any atom is 0.262 e. The number of thioether (sulfide) groups is 1. The Labute approximate surface area is 169 Å². The van der Waals surface area contributed by atoms with Crippen molar-refractivity contribution in [2.45, 2.75) is 17.5 Å². The zero-order chi connectivity index (χ0) is 19.5. The van der Waals surface area contributed by atoms with Gasteiger partial charge in [-0.3, -0.25) is 9.36 Å². The van der Waals surface area contributed by atoms with Gasteiger partial charge in [-0.25, -0.2) is 9.37 Å². The molecule has 0 N–H and O–H groups in total. The minimum Gasteiger partial charge on any atom is -0.489 e. The topological polar surface area (TPSA) is 44.1 Å². The summed E-state index contributed by atoms with van der Waals surface area (Å²) in [7, 11) is 1.75. The van der Waals surface area contributed by atoms with Gasteiger partial charge in [0.05, 0.1) is 5.39 Å². The minimum atomic E-state index is -0.254. The van der Waals surface area contributed by atoms with Gasteiger partial charge in [0.15, 0.2) is 5.16 Å². The molecule has 0 aliphatic heterocycles. The van der Waals surface area contributed by atoms with Gasteiger partial charge in [0.1, 0.15) is 23.0 Å². The van der Waals surface area contributed by atoms with Gasteiger partial charge in [-0.15, -0.1) is 11.3 Å². The number of hydrogen-bond donors (Lipinski definition) is 0. The van der Waals surface area contributed by atoms with Crippen LogP contribution in [0.4, 0.5) is 4.39 Å². The third-order valence-electron chi connectivity index (χ3n) is 4.27. The van der Waals surface area contributed by atoms with Gasteiger partial charge in [-0.05, 0) is 46.8 Å². The number of thiophene rings is 1. The van der Waals surface area contributed by atoms with Crippen LogP contribution in [-0.4, -0.2) is 9.55 Å². The highest BCUT2D eigenvalue weighted by Crippen LogP contribution is 2.24. The first-order valence-electron chi connectivity index (χ1n) is 8.63. The molecule has 4 nitrogen and oxygen atoms in total. The van der Waals surface area contributed by atoms with Crippen molar-refractivity contribution in [1.29, 1.82) is 0 Å². The van der Waals surface area contributed by atoms with Gasteiger partial charge >= 0.3 is 0 Å². The van der Waals surface area contributed by atoms with E-state index < -0.39 is 0 Å². The number of nitrogens with zero attached hydrogens (tertiary/aromatic N) is 2. The Kier molecular flexibility index (Phi) is 5.45. The number of benzene rings is 2. The quantitative estimate of drug-likeness (QED) is 0.330. The standard InChI is InChI=1S/C21H17FN2O2S2/c1-24-20(25)18-10-11-27-19(18)23-21(24)28-13-15-4-8-17(9-5-15)26-12-14-2-6-16(22)7-3-14/h2-11H,12-13H2,1H3. The zero-order valence-corrected chi connectivity index (χ0v) is 16.7. The normalized spacial score (nSPS) is 11.1. The van der Waals surface area contributed by atoms with Gasteiger partial charge < -0.3 is 4.74 Å². The molecule has 142 valence electrons. The monoisotopic (exact) mass is 412 g/mol. The highest BCUT2D eigenvalue weighted by molar-refractivity contribution is 7.98. The molecule has 0 aliphatic rings. The smallest absolute Gasteiger partial charge is 0.262 e. The predicted molar refractivity (Wildman–Crippen MR) is 112 cm³/mol. The fourth-order valence-corrected chi connectivity index (χ4v) is 4.42. The zero-order valence-electron chi connectivity index (χ0n) is 15.1. The highest BCUT2D eigenvalue weighted by atomic mass is 32.2. The van der Waals surface area contributed by atoms with Crippen molar-refractivity contribution in [3.8, 4) is 5.75 Å². The van der Waals surface area contributed by atoms with Crippen molar-refractivity contribution in [3.05, 3.63) is 87.3 Å². The van der Waals surface area contributed by atoms with Crippen LogP contribution in [0.15, 0.2) is 69.9 Å². The molecule has 2 heterocycles. The van der Waals surface area contributed by atoms with Crippen LogP contribution in [-0.2, 0) is 19.4 Å².